The quantitative estimate of drug-likeness (QED) is 0.691. The van der Waals surface area contributed by atoms with Crippen molar-refractivity contribution in [3.8, 4) is 0 Å². The third kappa shape index (κ3) is 3.66. The Labute approximate surface area is 158 Å². The Balaban J connectivity index is 1.57. The van der Waals surface area contributed by atoms with Crippen LogP contribution in [-0.2, 0) is 17.8 Å². The van der Waals surface area contributed by atoms with Crippen LogP contribution >= 0.6 is 11.8 Å². The molecular formula is C19H16FN3O3S. The molecule has 1 aromatic heterocycles. The number of amides is 1. The largest absolute Gasteiger partial charge is 0.442 e. The molecule has 0 saturated carbocycles. The summed E-state index contributed by atoms with van der Waals surface area (Å²) in [6.45, 7) is 0.422. The molecule has 0 saturated heterocycles. The van der Waals surface area contributed by atoms with Crippen LogP contribution in [0.2, 0.25) is 0 Å². The molecule has 0 N–H and O–H groups in total. The minimum absolute atomic E-state index is 0.155. The molecule has 138 valence electrons. The molecule has 2 heterocycles. The Kier molecular flexibility index (Phi) is 4.81. The Morgan fingerprint density at radius 3 is 2.78 bits per heavy atom. The molecule has 0 unspecified atom stereocenters. The van der Waals surface area contributed by atoms with Gasteiger partial charge in [0.25, 0.3) is 0 Å². The highest BCUT2D eigenvalue weighted by Crippen LogP contribution is 2.34. The molecule has 0 spiro atoms. The van der Waals surface area contributed by atoms with Crippen molar-refractivity contribution in [1.29, 1.82) is 0 Å². The van der Waals surface area contributed by atoms with Crippen molar-refractivity contribution in [2.45, 2.75) is 17.9 Å². The molecule has 1 aliphatic rings. The van der Waals surface area contributed by atoms with Crippen LogP contribution in [0, 0.1) is 5.82 Å². The molecule has 0 aliphatic carbocycles. The van der Waals surface area contributed by atoms with Crippen molar-refractivity contribution < 1.29 is 13.7 Å². The van der Waals surface area contributed by atoms with Gasteiger partial charge < -0.3 is 4.90 Å². The summed E-state index contributed by atoms with van der Waals surface area (Å²) in [5.41, 5.74) is 1.62. The van der Waals surface area contributed by atoms with E-state index in [1.807, 2.05) is 24.3 Å². The van der Waals surface area contributed by atoms with Gasteiger partial charge in [-0.2, -0.15) is 0 Å². The average molecular weight is 385 g/mol. The van der Waals surface area contributed by atoms with Crippen LogP contribution in [0.3, 0.4) is 0 Å². The molecule has 0 atom stereocenters. The second-order valence-corrected chi connectivity index (χ2v) is 7.25. The van der Waals surface area contributed by atoms with Gasteiger partial charge in [0.1, 0.15) is 12.4 Å². The first-order chi connectivity index (χ1) is 13.1. The van der Waals surface area contributed by atoms with Crippen LogP contribution < -0.4 is 10.7 Å². The van der Waals surface area contributed by atoms with E-state index in [1.165, 1.54) is 16.7 Å². The lowest BCUT2D eigenvalue weighted by atomic mass is 10.1. The molecule has 0 bridgehead atoms. The van der Waals surface area contributed by atoms with Gasteiger partial charge in [-0.3, -0.25) is 13.9 Å². The van der Waals surface area contributed by atoms with Gasteiger partial charge in [-0.15, -0.1) is 11.8 Å². The smallest absolute Gasteiger partial charge is 0.309 e. The van der Waals surface area contributed by atoms with Crippen molar-refractivity contribution in [3.63, 3.8) is 0 Å². The Hall–Kier alpha value is -2.87. The van der Waals surface area contributed by atoms with Crippen LogP contribution in [0.25, 0.3) is 0 Å². The van der Waals surface area contributed by atoms with Crippen LogP contribution in [0.5, 0.6) is 0 Å². The summed E-state index contributed by atoms with van der Waals surface area (Å²) >= 11 is 1.70. The third-order valence-electron chi connectivity index (χ3n) is 4.36. The van der Waals surface area contributed by atoms with Crippen LogP contribution in [0.4, 0.5) is 10.1 Å². The SMILES string of the molecule is O=C(Cn1c(Cc2ccc(F)cc2)noc1=O)N1CCSc2ccccc21. The van der Waals surface area contributed by atoms with Gasteiger partial charge in [0.2, 0.25) is 5.91 Å². The molecule has 2 aromatic carbocycles. The molecule has 8 heteroatoms. The summed E-state index contributed by atoms with van der Waals surface area (Å²) in [4.78, 5) is 27.6. The summed E-state index contributed by atoms with van der Waals surface area (Å²) in [5, 5.41) is 3.78. The number of benzene rings is 2. The van der Waals surface area contributed by atoms with Gasteiger partial charge >= 0.3 is 5.76 Å². The molecule has 4 rings (SSSR count). The second-order valence-electron chi connectivity index (χ2n) is 6.12. The maximum Gasteiger partial charge on any atom is 0.442 e. The number of thioether (sulfide) groups is 1. The minimum atomic E-state index is -0.680. The number of carbonyl (C=O) groups excluding carboxylic acids is 1. The number of rotatable bonds is 4. The third-order valence-corrected chi connectivity index (χ3v) is 5.40. The number of carbonyl (C=O) groups is 1. The fraction of sp³-hybridized carbons (Fsp3) is 0.211. The first-order valence-electron chi connectivity index (χ1n) is 8.44. The zero-order valence-corrected chi connectivity index (χ0v) is 15.1. The number of halogens is 1. The number of fused-ring (bicyclic) bond motifs is 1. The predicted molar refractivity (Wildman–Crippen MR) is 99.5 cm³/mol. The molecule has 0 radical (unpaired) electrons. The molecule has 1 amide bonds. The number of nitrogens with zero attached hydrogens (tertiary/aromatic N) is 3. The lowest BCUT2D eigenvalue weighted by Gasteiger charge is -2.29. The Bertz CT molecular complexity index is 1030. The Morgan fingerprint density at radius 1 is 1.19 bits per heavy atom. The van der Waals surface area contributed by atoms with Crippen LogP contribution in [0.1, 0.15) is 11.4 Å². The zero-order chi connectivity index (χ0) is 18.8. The van der Waals surface area contributed by atoms with E-state index in [9.17, 15) is 14.0 Å². The molecular weight excluding hydrogens is 369 g/mol. The maximum absolute atomic E-state index is 13.1. The van der Waals surface area contributed by atoms with Gasteiger partial charge in [-0.05, 0) is 29.8 Å². The lowest BCUT2D eigenvalue weighted by molar-refractivity contribution is -0.119. The minimum Gasteiger partial charge on any atom is -0.309 e. The standard InChI is InChI=1S/C19H16FN3O3S/c20-14-7-5-13(6-8-14)11-17-21-26-19(25)23(17)12-18(24)22-9-10-27-16-4-2-1-3-15(16)22/h1-8H,9-12H2. The summed E-state index contributed by atoms with van der Waals surface area (Å²) in [5.74, 6) is -0.0924. The van der Waals surface area contributed by atoms with Crippen molar-refractivity contribution in [1.82, 2.24) is 9.72 Å². The van der Waals surface area contributed by atoms with E-state index in [2.05, 4.69) is 5.16 Å². The van der Waals surface area contributed by atoms with E-state index in [4.69, 9.17) is 4.52 Å². The molecule has 27 heavy (non-hydrogen) atoms. The van der Waals surface area contributed by atoms with E-state index in [0.717, 1.165) is 21.9 Å². The predicted octanol–water partition coefficient (Wildman–Crippen LogP) is 2.71. The van der Waals surface area contributed by atoms with Gasteiger partial charge in [0.15, 0.2) is 5.82 Å². The van der Waals surface area contributed by atoms with Crippen molar-refractivity contribution in [2.24, 2.45) is 0 Å². The van der Waals surface area contributed by atoms with E-state index >= 15 is 0 Å². The number of hydrogen-bond donors (Lipinski definition) is 0. The summed E-state index contributed by atoms with van der Waals surface area (Å²) in [7, 11) is 0. The zero-order valence-electron chi connectivity index (χ0n) is 14.3. The number of anilines is 1. The van der Waals surface area contributed by atoms with Gasteiger partial charge in [0.05, 0.1) is 5.69 Å². The maximum atomic E-state index is 13.1. The Morgan fingerprint density at radius 2 is 1.96 bits per heavy atom. The highest BCUT2D eigenvalue weighted by atomic mass is 32.2. The first-order valence-corrected chi connectivity index (χ1v) is 9.42. The normalized spacial score (nSPS) is 13.4. The van der Waals surface area contributed by atoms with Crippen molar-refractivity contribution in [2.75, 3.05) is 17.2 Å². The molecule has 3 aromatic rings. The summed E-state index contributed by atoms with van der Waals surface area (Å²) in [6, 6.07) is 13.6. The number of aromatic nitrogens is 2. The van der Waals surface area contributed by atoms with E-state index in [-0.39, 0.29) is 24.7 Å². The summed E-state index contributed by atoms with van der Waals surface area (Å²) in [6.07, 6.45) is 0.270. The topological polar surface area (TPSA) is 68.3 Å². The average Bonchev–Trinajstić information content (AvgIpc) is 3.02. The molecule has 0 fully saturated rings. The van der Waals surface area contributed by atoms with Crippen molar-refractivity contribution >= 4 is 23.4 Å². The number of para-hydroxylation sites is 1. The number of hydrogen-bond acceptors (Lipinski definition) is 5. The monoisotopic (exact) mass is 385 g/mol. The van der Waals surface area contributed by atoms with Gasteiger partial charge in [-0.1, -0.05) is 29.4 Å². The second kappa shape index (κ2) is 7.40. The summed E-state index contributed by atoms with van der Waals surface area (Å²) < 4.78 is 19.1. The van der Waals surface area contributed by atoms with Crippen molar-refractivity contribution in [3.05, 3.63) is 76.3 Å². The first kappa shape index (κ1) is 17.5. The van der Waals surface area contributed by atoms with Gasteiger partial charge in [0, 0.05) is 23.6 Å². The fourth-order valence-corrected chi connectivity index (χ4v) is 4.01. The lowest BCUT2D eigenvalue weighted by Crippen LogP contribution is -2.39. The van der Waals surface area contributed by atoms with Gasteiger partial charge in [-0.25, -0.2) is 9.18 Å². The van der Waals surface area contributed by atoms with E-state index in [1.54, 1.807) is 28.8 Å². The van der Waals surface area contributed by atoms with Crippen LogP contribution in [-0.4, -0.2) is 27.9 Å². The van der Waals surface area contributed by atoms with E-state index < -0.39 is 5.76 Å². The fourth-order valence-electron chi connectivity index (χ4n) is 3.01. The highest BCUT2D eigenvalue weighted by molar-refractivity contribution is 7.99. The highest BCUT2D eigenvalue weighted by Gasteiger charge is 2.24. The molecule has 6 nitrogen and oxygen atoms in total. The van der Waals surface area contributed by atoms with E-state index in [0.29, 0.717) is 12.4 Å². The molecule has 1 aliphatic heterocycles. The van der Waals surface area contributed by atoms with Crippen LogP contribution in [0.15, 0.2) is 62.7 Å².